The van der Waals surface area contributed by atoms with Crippen LogP contribution in [0.4, 0.5) is 0 Å². The van der Waals surface area contributed by atoms with Gasteiger partial charge in [0.2, 0.25) is 0 Å². The van der Waals surface area contributed by atoms with Crippen LogP contribution in [0.25, 0.3) is 0 Å². The maximum atomic E-state index is 12.3. The van der Waals surface area contributed by atoms with Gasteiger partial charge in [-0.25, -0.2) is 0 Å². The molecule has 100 valence electrons. The van der Waals surface area contributed by atoms with Gasteiger partial charge in [-0.1, -0.05) is 0 Å². The van der Waals surface area contributed by atoms with Crippen molar-refractivity contribution in [2.45, 2.75) is 12.1 Å². The summed E-state index contributed by atoms with van der Waals surface area (Å²) in [5.74, 6) is -0.104. The van der Waals surface area contributed by atoms with Crippen molar-refractivity contribution in [1.82, 2.24) is 9.80 Å². The summed E-state index contributed by atoms with van der Waals surface area (Å²) < 4.78 is 0. The van der Waals surface area contributed by atoms with Gasteiger partial charge in [0, 0.05) is 18.7 Å². The third-order valence-electron chi connectivity index (χ3n) is 3.47. The van der Waals surface area contributed by atoms with Crippen LogP contribution in [0.3, 0.4) is 0 Å². The van der Waals surface area contributed by atoms with Crippen molar-refractivity contribution in [3.05, 3.63) is 35.4 Å². The molecule has 0 saturated carbocycles. The fourth-order valence-corrected chi connectivity index (χ4v) is 2.31. The van der Waals surface area contributed by atoms with E-state index < -0.39 is 6.10 Å². The lowest BCUT2D eigenvalue weighted by molar-refractivity contribution is 0.0764. The molecule has 0 aliphatic carbocycles. The molecule has 1 aromatic carbocycles. The second-order valence-corrected chi connectivity index (χ2v) is 5.00. The van der Waals surface area contributed by atoms with E-state index in [9.17, 15) is 9.90 Å². The molecule has 0 radical (unpaired) electrons. The van der Waals surface area contributed by atoms with Crippen LogP contribution in [-0.4, -0.2) is 60.1 Å². The zero-order chi connectivity index (χ0) is 14.0. The lowest BCUT2D eigenvalue weighted by atomic mass is 10.1. The number of rotatable bonds is 2. The monoisotopic (exact) mass is 259 g/mol. The summed E-state index contributed by atoms with van der Waals surface area (Å²) in [4.78, 5) is 15.9. The van der Waals surface area contributed by atoms with Gasteiger partial charge in [0.25, 0.3) is 5.91 Å². The van der Waals surface area contributed by atoms with E-state index in [-0.39, 0.29) is 11.9 Å². The summed E-state index contributed by atoms with van der Waals surface area (Å²) >= 11 is 0. The normalized spacial score (nSPS) is 22.6. The fraction of sp³-hybridized carbons (Fsp3) is 0.429. The molecule has 0 unspecified atom stereocenters. The predicted molar refractivity (Wildman–Crippen MR) is 70.5 cm³/mol. The summed E-state index contributed by atoms with van der Waals surface area (Å²) in [5.41, 5.74) is 1.08. The average molecular weight is 259 g/mol. The van der Waals surface area contributed by atoms with Crippen LogP contribution < -0.4 is 0 Å². The first kappa shape index (κ1) is 13.5. The Morgan fingerprint density at radius 3 is 2.47 bits per heavy atom. The number of aliphatic hydroxyl groups excluding tert-OH is 1. The number of aliphatic hydroxyl groups is 1. The highest BCUT2D eigenvalue weighted by Gasteiger charge is 2.35. The maximum Gasteiger partial charge on any atom is 0.253 e. The number of carbonyl (C=O) groups excluding carboxylic acids is 1. The highest BCUT2D eigenvalue weighted by molar-refractivity contribution is 5.94. The third-order valence-corrected chi connectivity index (χ3v) is 3.47. The molecule has 1 N–H and O–H groups in total. The largest absolute Gasteiger partial charge is 0.390 e. The van der Waals surface area contributed by atoms with Crippen LogP contribution >= 0.6 is 0 Å². The van der Waals surface area contributed by atoms with E-state index in [1.165, 1.54) is 0 Å². The quantitative estimate of drug-likeness (QED) is 0.829. The molecule has 0 aromatic heterocycles. The molecule has 5 nitrogen and oxygen atoms in total. The van der Waals surface area contributed by atoms with Gasteiger partial charge in [-0.05, 0) is 38.4 Å². The summed E-state index contributed by atoms with van der Waals surface area (Å²) in [6.45, 7) is 0.870. The molecule has 1 amide bonds. The van der Waals surface area contributed by atoms with Crippen LogP contribution in [0.5, 0.6) is 0 Å². The molecule has 1 heterocycles. The molecule has 2 atom stereocenters. The fourth-order valence-electron chi connectivity index (χ4n) is 2.31. The van der Waals surface area contributed by atoms with E-state index in [0.717, 1.165) is 0 Å². The van der Waals surface area contributed by atoms with Gasteiger partial charge in [0.05, 0.1) is 23.8 Å². The van der Waals surface area contributed by atoms with Gasteiger partial charge in [-0.3, -0.25) is 4.79 Å². The number of benzene rings is 1. The molecule has 1 saturated heterocycles. The Labute approximate surface area is 112 Å². The number of nitriles is 1. The Balaban J connectivity index is 2.10. The minimum absolute atomic E-state index is 0.0256. The Hall–Kier alpha value is -1.90. The van der Waals surface area contributed by atoms with Crippen molar-refractivity contribution in [3.63, 3.8) is 0 Å². The molecular formula is C14H17N3O2. The molecule has 0 spiro atoms. The van der Waals surface area contributed by atoms with Crippen molar-refractivity contribution < 1.29 is 9.90 Å². The van der Waals surface area contributed by atoms with Crippen molar-refractivity contribution >= 4 is 5.91 Å². The van der Waals surface area contributed by atoms with E-state index in [4.69, 9.17) is 5.26 Å². The van der Waals surface area contributed by atoms with Crippen molar-refractivity contribution in [1.29, 1.82) is 5.26 Å². The summed E-state index contributed by atoms with van der Waals surface area (Å²) in [7, 11) is 3.78. The Kier molecular flexibility index (Phi) is 3.84. The smallest absolute Gasteiger partial charge is 0.253 e. The predicted octanol–water partition coefficient (Wildman–Crippen LogP) is 0.305. The van der Waals surface area contributed by atoms with E-state index in [1.807, 2.05) is 25.1 Å². The topological polar surface area (TPSA) is 67.6 Å². The lowest BCUT2D eigenvalue weighted by Gasteiger charge is -2.21. The highest BCUT2D eigenvalue weighted by atomic mass is 16.3. The van der Waals surface area contributed by atoms with E-state index in [2.05, 4.69) is 0 Å². The zero-order valence-electron chi connectivity index (χ0n) is 11.1. The van der Waals surface area contributed by atoms with Gasteiger partial charge < -0.3 is 14.9 Å². The number of β-amino-alcohol motifs (C(OH)–C–C–N with tert-alkyl or cyclic N) is 1. The SMILES string of the molecule is CN(C)[C@@H]1CN(C(=O)c2ccc(C#N)cc2)C[C@H]1O. The van der Waals surface area contributed by atoms with Crippen molar-refractivity contribution in [3.8, 4) is 6.07 Å². The minimum Gasteiger partial charge on any atom is -0.390 e. The van der Waals surface area contributed by atoms with Crippen LogP contribution in [0.2, 0.25) is 0 Å². The second kappa shape index (κ2) is 5.39. The van der Waals surface area contributed by atoms with E-state index in [1.54, 1.807) is 29.2 Å². The first-order chi connectivity index (χ1) is 9.02. The van der Waals surface area contributed by atoms with Crippen LogP contribution in [0, 0.1) is 11.3 Å². The summed E-state index contributed by atoms with van der Waals surface area (Å²) in [6.07, 6.45) is -0.516. The van der Waals surface area contributed by atoms with Gasteiger partial charge in [-0.2, -0.15) is 5.26 Å². The number of likely N-dealkylation sites (tertiary alicyclic amines) is 1. The van der Waals surface area contributed by atoms with Gasteiger partial charge in [0.15, 0.2) is 0 Å². The van der Waals surface area contributed by atoms with Crippen LogP contribution in [-0.2, 0) is 0 Å². The minimum atomic E-state index is -0.516. The number of amides is 1. The molecule has 5 heteroatoms. The van der Waals surface area contributed by atoms with Gasteiger partial charge in [0.1, 0.15) is 0 Å². The van der Waals surface area contributed by atoms with Crippen LogP contribution in [0.15, 0.2) is 24.3 Å². The first-order valence-corrected chi connectivity index (χ1v) is 6.17. The number of likely N-dealkylation sites (N-methyl/N-ethyl adjacent to an activating group) is 1. The standard InChI is InChI=1S/C14H17N3O2/c1-16(2)12-8-17(9-13(12)18)14(19)11-5-3-10(7-15)4-6-11/h3-6,12-13,18H,8-9H2,1-2H3/t12-,13-/m1/s1. The Morgan fingerprint density at radius 2 is 2.00 bits per heavy atom. The Bertz CT molecular complexity index is 504. The van der Waals surface area contributed by atoms with Gasteiger partial charge in [-0.15, -0.1) is 0 Å². The average Bonchev–Trinajstić information content (AvgIpc) is 2.80. The third kappa shape index (κ3) is 2.75. The molecule has 1 aliphatic heterocycles. The second-order valence-electron chi connectivity index (χ2n) is 5.00. The van der Waals surface area contributed by atoms with Crippen molar-refractivity contribution in [2.24, 2.45) is 0 Å². The van der Waals surface area contributed by atoms with E-state index >= 15 is 0 Å². The highest BCUT2D eigenvalue weighted by Crippen LogP contribution is 2.17. The molecule has 1 fully saturated rings. The van der Waals surface area contributed by atoms with Gasteiger partial charge >= 0.3 is 0 Å². The molecule has 2 rings (SSSR count). The molecular weight excluding hydrogens is 242 g/mol. The number of nitrogens with zero attached hydrogens (tertiary/aromatic N) is 3. The summed E-state index contributed by atoms with van der Waals surface area (Å²) in [5, 5.41) is 18.7. The molecule has 1 aliphatic rings. The number of carbonyl (C=O) groups is 1. The lowest BCUT2D eigenvalue weighted by Crippen LogP contribution is -2.38. The Morgan fingerprint density at radius 1 is 1.37 bits per heavy atom. The summed E-state index contributed by atoms with van der Waals surface area (Å²) in [6, 6.07) is 8.55. The van der Waals surface area contributed by atoms with Crippen LogP contribution in [0.1, 0.15) is 15.9 Å². The number of hydrogen-bond donors (Lipinski definition) is 1. The maximum absolute atomic E-state index is 12.3. The number of hydrogen-bond acceptors (Lipinski definition) is 4. The molecule has 1 aromatic rings. The molecule has 0 bridgehead atoms. The molecule has 19 heavy (non-hydrogen) atoms. The van der Waals surface area contributed by atoms with E-state index in [0.29, 0.717) is 24.2 Å². The zero-order valence-corrected chi connectivity index (χ0v) is 11.1. The first-order valence-electron chi connectivity index (χ1n) is 6.17. The van der Waals surface area contributed by atoms with Crippen molar-refractivity contribution in [2.75, 3.05) is 27.2 Å².